The minimum atomic E-state index is -0.551. The van der Waals surface area contributed by atoms with Crippen molar-refractivity contribution in [3.05, 3.63) is 18.0 Å². The molecule has 0 radical (unpaired) electrons. The fraction of sp³-hybridized carbons (Fsp3) is 0.444. The molecular formula is C9H12N4O. The van der Waals surface area contributed by atoms with E-state index in [0.29, 0.717) is 5.69 Å². The van der Waals surface area contributed by atoms with Gasteiger partial charge in [0.2, 0.25) is 0 Å². The van der Waals surface area contributed by atoms with E-state index in [-0.39, 0.29) is 11.2 Å². The lowest BCUT2D eigenvalue weighted by Gasteiger charge is -2.13. The molecule has 1 saturated carbocycles. The Hall–Kier alpha value is -1.65. The molecule has 74 valence electrons. The van der Waals surface area contributed by atoms with Gasteiger partial charge in [0, 0.05) is 5.54 Å². The van der Waals surface area contributed by atoms with Gasteiger partial charge in [0.1, 0.15) is 0 Å². The number of nitrogens with two attached hydrogens (primary N) is 1. The van der Waals surface area contributed by atoms with E-state index in [0.717, 1.165) is 12.8 Å². The number of carbonyl (C=O) groups is 1. The van der Waals surface area contributed by atoms with Gasteiger partial charge in [0.05, 0.1) is 11.9 Å². The molecule has 3 N–H and O–H groups in total. The highest BCUT2D eigenvalue weighted by molar-refractivity contribution is 5.96. The lowest BCUT2D eigenvalue weighted by Crippen LogP contribution is -2.22. The van der Waals surface area contributed by atoms with Crippen molar-refractivity contribution >= 4 is 11.6 Å². The van der Waals surface area contributed by atoms with E-state index in [9.17, 15) is 4.79 Å². The fourth-order valence-electron chi connectivity index (χ4n) is 1.25. The first kappa shape index (κ1) is 8.93. The normalized spacial score (nSPS) is 17.5. The van der Waals surface area contributed by atoms with Crippen molar-refractivity contribution in [1.82, 2.24) is 10.2 Å². The van der Waals surface area contributed by atoms with Crippen LogP contribution >= 0.6 is 0 Å². The van der Waals surface area contributed by atoms with Crippen LogP contribution in [0.25, 0.3) is 0 Å². The number of nitrogens with zero attached hydrogens (tertiary/aromatic N) is 2. The molecule has 1 aliphatic carbocycles. The highest BCUT2D eigenvalue weighted by Gasteiger charge is 2.37. The lowest BCUT2D eigenvalue weighted by atomic mass is 10.2. The van der Waals surface area contributed by atoms with Gasteiger partial charge in [0.25, 0.3) is 5.91 Å². The van der Waals surface area contributed by atoms with E-state index in [1.807, 2.05) is 0 Å². The van der Waals surface area contributed by atoms with Crippen LogP contribution in [0.1, 0.15) is 30.3 Å². The number of anilines is 1. The molecule has 0 bridgehead atoms. The van der Waals surface area contributed by atoms with Crippen molar-refractivity contribution in [3.63, 3.8) is 0 Å². The van der Waals surface area contributed by atoms with Crippen LogP contribution in [0.3, 0.4) is 0 Å². The molecule has 0 saturated heterocycles. The average molecular weight is 192 g/mol. The molecule has 0 unspecified atom stereocenters. The lowest BCUT2D eigenvalue weighted by molar-refractivity contribution is 0.0995. The van der Waals surface area contributed by atoms with E-state index < -0.39 is 5.91 Å². The van der Waals surface area contributed by atoms with Crippen LogP contribution in [0.2, 0.25) is 0 Å². The quantitative estimate of drug-likeness (QED) is 0.732. The summed E-state index contributed by atoms with van der Waals surface area (Å²) >= 11 is 0. The van der Waals surface area contributed by atoms with Crippen LogP contribution in [0.15, 0.2) is 12.3 Å². The second-order valence-corrected chi connectivity index (χ2v) is 3.84. The Morgan fingerprint density at radius 1 is 1.64 bits per heavy atom. The van der Waals surface area contributed by atoms with Crippen LogP contribution in [0, 0.1) is 0 Å². The maximum atomic E-state index is 11.0. The largest absolute Gasteiger partial charge is 0.378 e. The third kappa shape index (κ3) is 1.66. The molecule has 5 heteroatoms. The predicted molar refractivity (Wildman–Crippen MR) is 51.8 cm³/mol. The first-order valence-corrected chi connectivity index (χ1v) is 4.50. The van der Waals surface area contributed by atoms with Gasteiger partial charge in [-0.1, -0.05) is 0 Å². The standard InChI is InChI=1S/C9H12N4O/c1-9(3-4-9)12-6-2-5-11-13-7(6)8(10)14/h2,5H,3-4H2,1H3,(H2,10,14)(H,11,12). The summed E-state index contributed by atoms with van der Waals surface area (Å²) in [6, 6.07) is 1.72. The second kappa shape index (κ2) is 2.94. The topological polar surface area (TPSA) is 80.9 Å². The highest BCUT2D eigenvalue weighted by Crippen LogP contribution is 2.38. The van der Waals surface area contributed by atoms with E-state index in [2.05, 4.69) is 22.4 Å². The Morgan fingerprint density at radius 2 is 2.36 bits per heavy atom. The summed E-state index contributed by atoms with van der Waals surface area (Å²) in [4.78, 5) is 11.0. The summed E-state index contributed by atoms with van der Waals surface area (Å²) < 4.78 is 0. The second-order valence-electron chi connectivity index (χ2n) is 3.84. The SMILES string of the molecule is CC1(Nc2ccnnc2C(N)=O)CC1. The molecule has 0 atom stereocenters. The third-order valence-corrected chi connectivity index (χ3v) is 2.39. The molecule has 5 nitrogen and oxygen atoms in total. The third-order valence-electron chi connectivity index (χ3n) is 2.39. The monoisotopic (exact) mass is 192 g/mol. The van der Waals surface area contributed by atoms with Gasteiger partial charge in [-0.25, -0.2) is 0 Å². The van der Waals surface area contributed by atoms with Crippen molar-refractivity contribution in [2.75, 3.05) is 5.32 Å². The van der Waals surface area contributed by atoms with E-state index in [1.165, 1.54) is 0 Å². The summed E-state index contributed by atoms with van der Waals surface area (Å²) in [6.45, 7) is 2.10. The van der Waals surface area contributed by atoms with E-state index in [1.54, 1.807) is 12.3 Å². The van der Waals surface area contributed by atoms with Gasteiger partial charge in [-0.05, 0) is 25.8 Å². The number of hydrogen-bond acceptors (Lipinski definition) is 4. The van der Waals surface area contributed by atoms with E-state index in [4.69, 9.17) is 5.73 Å². The van der Waals surface area contributed by atoms with Gasteiger partial charge < -0.3 is 11.1 Å². The van der Waals surface area contributed by atoms with Crippen LogP contribution in [-0.2, 0) is 0 Å². The van der Waals surface area contributed by atoms with Gasteiger partial charge in [-0.2, -0.15) is 5.10 Å². The molecule has 1 aromatic heterocycles. The Labute approximate surface area is 81.7 Å². The van der Waals surface area contributed by atoms with Crippen molar-refractivity contribution in [1.29, 1.82) is 0 Å². The molecule has 1 fully saturated rings. The minimum absolute atomic E-state index is 0.104. The van der Waals surface area contributed by atoms with Gasteiger partial charge in [0.15, 0.2) is 5.69 Å². The Bertz CT molecular complexity index is 373. The smallest absolute Gasteiger partial charge is 0.271 e. The van der Waals surface area contributed by atoms with Crippen LogP contribution in [-0.4, -0.2) is 21.6 Å². The van der Waals surface area contributed by atoms with Crippen molar-refractivity contribution in [2.45, 2.75) is 25.3 Å². The highest BCUT2D eigenvalue weighted by atomic mass is 16.1. The Morgan fingerprint density at radius 3 is 2.93 bits per heavy atom. The first-order valence-electron chi connectivity index (χ1n) is 4.50. The molecule has 1 aromatic rings. The van der Waals surface area contributed by atoms with Gasteiger partial charge >= 0.3 is 0 Å². The average Bonchev–Trinajstić information content (AvgIpc) is 2.84. The number of primary amides is 1. The van der Waals surface area contributed by atoms with Crippen molar-refractivity contribution in [3.8, 4) is 0 Å². The zero-order valence-corrected chi connectivity index (χ0v) is 7.95. The summed E-state index contributed by atoms with van der Waals surface area (Å²) in [5.41, 5.74) is 6.16. The Balaban J connectivity index is 2.27. The summed E-state index contributed by atoms with van der Waals surface area (Å²) in [7, 11) is 0. The van der Waals surface area contributed by atoms with Gasteiger partial charge in [-0.15, -0.1) is 5.10 Å². The molecule has 1 heterocycles. The molecule has 1 amide bonds. The van der Waals surface area contributed by atoms with Crippen molar-refractivity contribution < 1.29 is 4.79 Å². The fourth-order valence-corrected chi connectivity index (χ4v) is 1.25. The molecule has 14 heavy (non-hydrogen) atoms. The Kier molecular flexibility index (Phi) is 1.87. The molecule has 0 spiro atoms. The minimum Gasteiger partial charge on any atom is -0.378 e. The van der Waals surface area contributed by atoms with E-state index >= 15 is 0 Å². The summed E-state index contributed by atoms with van der Waals surface area (Å²) in [5, 5.41) is 10.6. The number of carbonyl (C=O) groups excluding carboxylic acids is 1. The predicted octanol–water partition coefficient (Wildman–Crippen LogP) is 0.540. The number of aromatic nitrogens is 2. The maximum absolute atomic E-state index is 11.0. The van der Waals surface area contributed by atoms with Crippen molar-refractivity contribution in [2.24, 2.45) is 5.73 Å². The van der Waals surface area contributed by atoms with Crippen LogP contribution < -0.4 is 11.1 Å². The molecule has 0 aromatic carbocycles. The summed E-state index contributed by atoms with van der Waals surface area (Å²) in [5.74, 6) is -0.551. The number of nitrogens with one attached hydrogen (secondary N) is 1. The molecule has 1 aliphatic rings. The number of hydrogen-bond donors (Lipinski definition) is 2. The van der Waals surface area contributed by atoms with Crippen LogP contribution in [0.5, 0.6) is 0 Å². The summed E-state index contributed by atoms with van der Waals surface area (Å²) in [6.07, 6.45) is 3.75. The first-order chi connectivity index (χ1) is 6.61. The van der Waals surface area contributed by atoms with Crippen LogP contribution in [0.4, 0.5) is 5.69 Å². The number of amides is 1. The zero-order chi connectivity index (χ0) is 10.2. The molecule has 0 aliphatic heterocycles. The van der Waals surface area contributed by atoms with Gasteiger partial charge in [-0.3, -0.25) is 4.79 Å². The number of rotatable bonds is 3. The maximum Gasteiger partial charge on any atom is 0.271 e. The molecule has 2 rings (SSSR count). The zero-order valence-electron chi connectivity index (χ0n) is 7.95. The molecular weight excluding hydrogens is 180 g/mol.